The zero-order valence-corrected chi connectivity index (χ0v) is 16.4. The van der Waals surface area contributed by atoms with Gasteiger partial charge in [-0.15, -0.1) is 0 Å². The fourth-order valence-electron chi connectivity index (χ4n) is 3.21. The molecule has 0 spiro atoms. The van der Waals surface area contributed by atoms with Crippen LogP contribution >= 0.6 is 22.9 Å². The number of nitrogens with one attached hydrogen (secondary N) is 1. The van der Waals surface area contributed by atoms with Crippen LogP contribution in [0.2, 0.25) is 5.02 Å². The molecule has 1 aromatic carbocycles. The van der Waals surface area contributed by atoms with E-state index in [-0.39, 0.29) is 11.8 Å². The third kappa shape index (κ3) is 5.53. The summed E-state index contributed by atoms with van der Waals surface area (Å²) in [6, 6.07) is 9.14. The average Bonchev–Trinajstić information content (AvgIpc) is 3.12. The molecule has 1 aliphatic heterocycles. The number of sulfonamides is 1. The van der Waals surface area contributed by atoms with Crippen molar-refractivity contribution in [2.45, 2.75) is 31.1 Å². The lowest BCUT2D eigenvalue weighted by molar-refractivity contribution is 0.165. The smallest absolute Gasteiger partial charge is 0.215 e. The Morgan fingerprint density at radius 3 is 2.48 bits per heavy atom. The second-order valence-corrected chi connectivity index (χ2v) is 9.43. The minimum absolute atomic E-state index is 0.0273. The molecule has 0 bridgehead atoms. The van der Waals surface area contributed by atoms with Gasteiger partial charge in [0.2, 0.25) is 10.0 Å². The molecule has 2 aromatic rings. The molecule has 0 saturated carbocycles. The van der Waals surface area contributed by atoms with Crippen LogP contribution in [0.15, 0.2) is 41.1 Å². The number of hydrogen-bond donors (Lipinski definition) is 1. The third-order valence-corrected chi connectivity index (χ3v) is 6.80. The summed E-state index contributed by atoms with van der Waals surface area (Å²) in [5.74, 6) is -0.0273. The molecular formula is C18H23ClN2O2S2. The van der Waals surface area contributed by atoms with Gasteiger partial charge < -0.3 is 0 Å². The predicted molar refractivity (Wildman–Crippen MR) is 105 cm³/mol. The molecule has 7 heteroatoms. The van der Waals surface area contributed by atoms with E-state index in [1.54, 1.807) is 35.6 Å². The van der Waals surface area contributed by atoms with Gasteiger partial charge in [0.25, 0.3) is 0 Å². The van der Waals surface area contributed by atoms with Gasteiger partial charge in [0.05, 0.1) is 5.75 Å². The van der Waals surface area contributed by atoms with Crippen molar-refractivity contribution in [1.29, 1.82) is 0 Å². The van der Waals surface area contributed by atoms with E-state index in [0.717, 1.165) is 18.7 Å². The van der Waals surface area contributed by atoms with Crippen LogP contribution in [0.5, 0.6) is 0 Å². The standard InChI is InChI=1S/C18H23ClN2O2S2/c19-17-6-4-15(5-7-17)14-25(22,23)20-12-18(16-8-11-24-13-16)21-9-2-1-3-10-21/h4-8,11,13,18,20H,1-3,9-10,12,14H2. The summed E-state index contributed by atoms with van der Waals surface area (Å²) in [5, 5.41) is 4.78. The van der Waals surface area contributed by atoms with E-state index in [1.807, 2.05) is 0 Å². The summed E-state index contributed by atoms with van der Waals surface area (Å²) in [4.78, 5) is 2.40. The Hall–Kier alpha value is -0.920. The van der Waals surface area contributed by atoms with Gasteiger partial charge >= 0.3 is 0 Å². The monoisotopic (exact) mass is 398 g/mol. The molecule has 3 rings (SSSR count). The fourth-order valence-corrected chi connectivity index (χ4v) is 5.19. The summed E-state index contributed by atoms with van der Waals surface area (Å²) >= 11 is 7.51. The topological polar surface area (TPSA) is 49.4 Å². The van der Waals surface area contributed by atoms with Crippen molar-refractivity contribution in [1.82, 2.24) is 9.62 Å². The molecule has 4 nitrogen and oxygen atoms in total. The first-order valence-electron chi connectivity index (χ1n) is 8.51. The van der Waals surface area contributed by atoms with E-state index in [1.165, 1.54) is 24.8 Å². The summed E-state index contributed by atoms with van der Waals surface area (Å²) in [6.07, 6.45) is 3.62. The second kappa shape index (κ2) is 8.64. The zero-order valence-electron chi connectivity index (χ0n) is 14.0. The molecule has 1 saturated heterocycles. The lowest BCUT2D eigenvalue weighted by Crippen LogP contribution is -2.40. The highest BCUT2D eigenvalue weighted by atomic mass is 35.5. The number of benzene rings is 1. The van der Waals surface area contributed by atoms with Crippen molar-refractivity contribution in [3.05, 3.63) is 57.2 Å². The third-order valence-electron chi connectivity index (χ3n) is 4.53. The molecule has 1 aliphatic rings. The second-order valence-electron chi connectivity index (χ2n) is 6.40. The first-order valence-corrected chi connectivity index (χ1v) is 11.5. The number of rotatable bonds is 7. The van der Waals surface area contributed by atoms with Gasteiger partial charge in [-0.05, 0) is 66.0 Å². The van der Waals surface area contributed by atoms with Gasteiger partial charge in [-0.2, -0.15) is 11.3 Å². The van der Waals surface area contributed by atoms with E-state index in [4.69, 9.17) is 11.6 Å². The lowest BCUT2D eigenvalue weighted by atomic mass is 10.0. The number of thiophene rings is 1. The predicted octanol–water partition coefficient (Wildman–Crippen LogP) is 4.05. The highest BCUT2D eigenvalue weighted by molar-refractivity contribution is 7.88. The van der Waals surface area contributed by atoms with E-state index in [9.17, 15) is 8.42 Å². The minimum Gasteiger partial charge on any atom is -0.295 e. The van der Waals surface area contributed by atoms with E-state index in [2.05, 4.69) is 26.4 Å². The Bertz CT molecular complexity index is 755. The molecule has 0 radical (unpaired) electrons. The van der Waals surface area contributed by atoms with Crippen LogP contribution in [0, 0.1) is 0 Å². The molecule has 1 aromatic heterocycles. The molecule has 1 atom stereocenters. The Morgan fingerprint density at radius 2 is 1.84 bits per heavy atom. The van der Waals surface area contributed by atoms with Crippen LogP contribution in [-0.2, 0) is 15.8 Å². The number of nitrogens with zero attached hydrogens (tertiary/aromatic N) is 1. The summed E-state index contributed by atoms with van der Waals surface area (Å²) < 4.78 is 27.8. The van der Waals surface area contributed by atoms with Crippen LogP contribution in [0.25, 0.3) is 0 Å². The van der Waals surface area contributed by atoms with E-state index >= 15 is 0 Å². The molecular weight excluding hydrogens is 376 g/mol. The number of halogens is 1. The van der Waals surface area contributed by atoms with Gasteiger partial charge in [0.1, 0.15) is 0 Å². The van der Waals surface area contributed by atoms with Crippen LogP contribution in [0.3, 0.4) is 0 Å². The number of likely N-dealkylation sites (tertiary alicyclic amines) is 1. The normalized spacial score (nSPS) is 17.5. The molecule has 25 heavy (non-hydrogen) atoms. The zero-order chi connectivity index (χ0) is 17.7. The molecule has 136 valence electrons. The summed E-state index contributed by atoms with van der Waals surface area (Å²) in [5.41, 5.74) is 1.93. The molecule has 1 fully saturated rings. The maximum Gasteiger partial charge on any atom is 0.215 e. The molecule has 1 N–H and O–H groups in total. The molecule has 0 amide bonds. The number of hydrogen-bond acceptors (Lipinski definition) is 4. The van der Waals surface area contributed by atoms with Crippen molar-refractivity contribution in [3.63, 3.8) is 0 Å². The average molecular weight is 399 g/mol. The largest absolute Gasteiger partial charge is 0.295 e. The van der Waals surface area contributed by atoms with E-state index < -0.39 is 10.0 Å². The Balaban J connectivity index is 1.66. The van der Waals surface area contributed by atoms with Crippen molar-refractivity contribution in [3.8, 4) is 0 Å². The highest BCUT2D eigenvalue weighted by Crippen LogP contribution is 2.26. The summed E-state index contributed by atoms with van der Waals surface area (Å²) in [7, 11) is -3.39. The lowest BCUT2D eigenvalue weighted by Gasteiger charge is -2.34. The van der Waals surface area contributed by atoms with Crippen molar-refractivity contribution in [2.75, 3.05) is 19.6 Å². The molecule has 1 unspecified atom stereocenters. The highest BCUT2D eigenvalue weighted by Gasteiger charge is 2.24. The molecule has 2 heterocycles. The maximum absolute atomic E-state index is 12.5. The van der Waals surface area contributed by atoms with Crippen LogP contribution < -0.4 is 4.72 Å². The number of piperidine rings is 1. The Labute approximate surface area is 158 Å². The van der Waals surface area contributed by atoms with Gasteiger partial charge in [-0.1, -0.05) is 30.2 Å². The Morgan fingerprint density at radius 1 is 1.12 bits per heavy atom. The van der Waals surface area contributed by atoms with Crippen LogP contribution in [0.1, 0.15) is 36.4 Å². The van der Waals surface area contributed by atoms with E-state index in [0.29, 0.717) is 11.6 Å². The van der Waals surface area contributed by atoms with Crippen molar-refractivity contribution in [2.24, 2.45) is 0 Å². The van der Waals surface area contributed by atoms with Gasteiger partial charge in [-0.3, -0.25) is 4.90 Å². The molecule has 0 aliphatic carbocycles. The first kappa shape index (κ1) is 18.9. The van der Waals surface area contributed by atoms with Crippen molar-refractivity contribution < 1.29 is 8.42 Å². The first-order chi connectivity index (χ1) is 12.0. The van der Waals surface area contributed by atoms with Crippen molar-refractivity contribution >= 4 is 33.0 Å². The van der Waals surface area contributed by atoms with Gasteiger partial charge in [0.15, 0.2) is 0 Å². The van der Waals surface area contributed by atoms with Gasteiger partial charge in [-0.25, -0.2) is 13.1 Å². The SMILES string of the molecule is O=S(=O)(Cc1ccc(Cl)cc1)NCC(c1ccsc1)N1CCCCC1. The van der Waals surface area contributed by atoms with Crippen LogP contribution in [-0.4, -0.2) is 33.0 Å². The minimum atomic E-state index is -3.39. The Kier molecular flexibility index (Phi) is 6.52. The maximum atomic E-state index is 12.5. The quantitative estimate of drug-likeness (QED) is 0.765. The van der Waals surface area contributed by atoms with Gasteiger partial charge in [0, 0.05) is 17.6 Å². The van der Waals surface area contributed by atoms with Crippen LogP contribution in [0.4, 0.5) is 0 Å². The fraction of sp³-hybridized carbons (Fsp3) is 0.444. The summed E-state index contributed by atoms with van der Waals surface area (Å²) in [6.45, 7) is 2.46.